The van der Waals surface area contributed by atoms with Gasteiger partial charge in [0.15, 0.2) is 5.78 Å². The van der Waals surface area contributed by atoms with Crippen molar-refractivity contribution in [3.05, 3.63) is 23.8 Å². The minimum atomic E-state index is -1.85. The van der Waals surface area contributed by atoms with Gasteiger partial charge in [0.25, 0.3) is 0 Å². The van der Waals surface area contributed by atoms with Gasteiger partial charge in [0, 0.05) is 16.7 Å². The van der Waals surface area contributed by atoms with Gasteiger partial charge in [-0.2, -0.15) is 0 Å². The Hall–Kier alpha value is -1.05. The van der Waals surface area contributed by atoms with Crippen LogP contribution in [0.25, 0.3) is 0 Å². The molecule has 0 aromatic carbocycles. The average Bonchev–Trinajstić information content (AvgIpc) is 2.82. The molecule has 3 fully saturated rings. The molecule has 4 aliphatic carbocycles. The van der Waals surface area contributed by atoms with Crippen LogP contribution in [0.1, 0.15) is 39.5 Å². The Morgan fingerprint density at radius 1 is 1.30 bits per heavy atom. The molecule has 0 spiro atoms. The van der Waals surface area contributed by atoms with Crippen molar-refractivity contribution in [3.8, 4) is 0 Å². The predicted octanol–water partition coefficient (Wildman–Crippen LogP) is 0.320. The van der Waals surface area contributed by atoms with E-state index in [0.717, 1.165) is 18.4 Å². The Kier molecular flexibility index (Phi) is 4.26. The topological polar surface area (TPSA) is 118 Å². The zero-order valence-corrected chi connectivity index (χ0v) is 15.9. The molecule has 0 aromatic heterocycles. The second-order valence-corrected chi connectivity index (χ2v) is 9.49. The largest absolute Gasteiger partial charge is 0.394 e. The summed E-state index contributed by atoms with van der Waals surface area (Å²) in [5.41, 5.74) is -2.13. The summed E-state index contributed by atoms with van der Waals surface area (Å²) in [5, 5.41) is 52.9. The highest BCUT2D eigenvalue weighted by Gasteiger charge is 2.70. The lowest BCUT2D eigenvalue weighted by Gasteiger charge is -2.60. The fourth-order valence-corrected chi connectivity index (χ4v) is 7.11. The molecule has 150 valence electrons. The van der Waals surface area contributed by atoms with Gasteiger partial charge < -0.3 is 25.5 Å². The van der Waals surface area contributed by atoms with Crippen LogP contribution in [0.4, 0.5) is 0 Å². The number of carbonyl (C=O) groups is 1. The summed E-state index contributed by atoms with van der Waals surface area (Å²) >= 11 is 0. The van der Waals surface area contributed by atoms with Gasteiger partial charge in [-0.05, 0) is 49.7 Å². The average molecular weight is 378 g/mol. The monoisotopic (exact) mass is 378 g/mol. The molecule has 0 bridgehead atoms. The highest BCUT2D eigenvalue weighted by atomic mass is 16.4. The molecular formula is C21H30O6. The van der Waals surface area contributed by atoms with E-state index in [0.29, 0.717) is 6.42 Å². The van der Waals surface area contributed by atoms with Crippen LogP contribution in [0.3, 0.4) is 0 Å². The van der Waals surface area contributed by atoms with E-state index in [4.69, 9.17) is 0 Å². The van der Waals surface area contributed by atoms with E-state index in [1.165, 1.54) is 0 Å². The van der Waals surface area contributed by atoms with Crippen molar-refractivity contribution in [2.75, 3.05) is 6.61 Å². The van der Waals surface area contributed by atoms with Crippen molar-refractivity contribution in [3.63, 3.8) is 0 Å². The maximum absolute atomic E-state index is 11.8. The fourth-order valence-electron chi connectivity index (χ4n) is 7.11. The molecule has 3 saturated carbocycles. The second-order valence-electron chi connectivity index (χ2n) is 9.49. The van der Waals surface area contributed by atoms with Gasteiger partial charge in [0.05, 0.1) is 18.8 Å². The number of rotatable bonds is 2. The van der Waals surface area contributed by atoms with Gasteiger partial charge in [0.2, 0.25) is 0 Å². The van der Waals surface area contributed by atoms with Crippen LogP contribution in [-0.2, 0) is 4.79 Å². The van der Waals surface area contributed by atoms with Gasteiger partial charge >= 0.3 is 0 Å². The van der Waals surface area contributed by atoms with Crippen LogP contribution < -0.4 is 0 Å². The van der Waals surface area contributed by atoms with Gasteiger partial charge in [-0.3, -0.25) is 4.79 Å². The molecular weight excluding hydrogens is 348 g/mol. The first kappa shape index (κ1) is 19.3. The van der Waals surface area contributed by atoms with Gasteiger partial charge in [-0.1, -0.05) is 25.5 Å². The SMILES string of the molecule is C[C@]12C=CC(=O)C=C1CC[C@@H]1[C@@H]2[C@@H](O)C[C@@]2(C)[C@H]1C[C@@H](O)[C@]2(O)C(O)CO. The van der Waals surface area contributed by atoms with Crippen LogP contribution in [0, 0.1) is 28.6 Å². The number of allylic oxidation sites excluding steroid dienone is 4. The first-order valence-electron chi connectivity index (χ1n) is 9.91. The number of carbonyl (C=O) groups excluding carboxylic acids is 1. The molecule has 0 heterocycles. The normalized spacial score (nSPS) is 52.6. The second kappa shape index (κ2) is 5.97. The lowest BCUT2D eigenvalue weighted by atomic mass is 9.46. The first-order valence-corrected chi connectivity index (χ1v) is 9.91. The number of aliphatic hydroxyl groups excluding tert-OH is 4. The molecule has 0 saturated heterocycles. The smallest absolute Gasteiger partial charge is 0.178 e. The number of ketones is 1. The quantitative estimate of drug-likeness (QED) is 0.472. The van der Waals surface area contributed by atoms with Crippen molar-refractivity contribution in [2.45, 2.75) is 63.4 Å². The van der Waals surface area contributed by atoms with E-state index in [-0.39, 0.29) is 30.0 Å². The van der Waals surface area contributed by atoms with Crippen molar-refractivity contribution in [1.29, 1.82) is 0 Å². The summed E-state index contributed by atoms with van der Waals surface area (Å²) in [7, 11) is 0. The van der Waals surface area contributed by atoms with Crippen molar-refractivity contribution < 1.29 is 30.3 Å². The van der Waals surface area contributed by atoms with Crippen LogP contribution in [-0.4, -0.2) is 61.8 Å². The van der Waals surface area contributed by atoms with E-state index < -0.39 is 41.3 Å². The Morgan fingerprint density at radius 2 is 2.00 bits per heavy atom. The van der Waals surface area contributed by atoms with Crippen LogP contribution in [0.2, 0.25) is 0 Å². The molecule has 6 nitrogen and oxygen atoms in total. The molecule has 1 unspecified atom stereocenters. The first-order chi connectivity index (χ1) is 12.6. The lowest BCUT2D eigenvalue weighted by molar-refractivity contribution is -0.225. The Bertz CT molecular complexity index is 715. The molecule has 4 aliphatic rings. The van der Waals surface area contributed by atoms with Crippen LogP contribution in [0.15, 0.2) is 23.8 Å². The van der Waals surface area contributed by atoms with E-state index in [1.54, 1.807) is 12.2 Å². The molecule has 0 aliphatic heterocycles. The molecule has 0 radical (unpaired) electrons. The zero-order valence-electron chi connectivity index (χ0n) is 15.9. The molecule has 5 N–H and O–H groups in total. The highest BCUT2D eigenvalue weighted by molar-refractivity contribution is 6.01. The molecule has 0 aromatic rings. The maximum atomic E-state index is 11.8. The summed E-state index contributed by atoms with van der Waals surface area (Å²) in [6.45, 7) is 3.24. The molecule has 6 heteroatoms. The van der Waals surface area contributed by atoms with E-state index in [9.17, 15) is 30.3 Å². The minimum absolute atomic E-state index is 0.0206. The molecule has 4 rings (SSSR count). The summed E-state index contributed by atoms with van der Waals surface area (Å²) in [4.78, 5) is 11.8. The van der Waals surface area contributed by atoms with Crippen LogP contribution in [0.5, 0.6) is 0 Å². The number of hydrogen-bond acceptors (Lipinski definition) is 6. The third-order valence-corrected chi connectivity index (χ3v) is 8.47. The predicted molar refractivity (Wildman–Crippen MR) is 97.4 cm³/mol. The standard InChI is InChI=1S/C21H30O6/c1-19-6-5-12(23)7-11(19)3-4-13-14-8-16(25)21(27,17(26)10-22)20(14,2)9-15(24)18(13)19/h5-7,13-18,22,24-27H,3-4,8-10H2,1-2H3/t13-,14-,15-,16+,17?,18+,19-,20-,21-/m0/s1. The van der Waals surface area contributed by atoms with E-state index >= 15 is 0 Å². The van der Waals surface area contributed by atoms with Gasteiger partial charge in [-0.15, -0.1) is 0 Å². The van der Waals surface area contributed by atoms with E-state index in [2.05, 4.69) is 6.92 Å². The van der Waals surface area contributed by atoms with Gasteiger partial charge in [0.1, 0.15) is 11.7 Å². The van der Waals surface area contributed by atoms with Crippen molar-refractivity contribution in [1.82, 2.24) is 0 Å². The molecule has 27 heavy (non-hydrogen) atoms. The molecule has 0 amide bonds. The fraction of sp³-hybridized carbons (Fsp3) is 0.762. The van der Waals surface area contributed by atoms with Crippen molar-refractivity contribution >= 4 is 5.78 Å². The summed E-state index contributed by atoms with van der Waals surface area (Å²) < 4.78 is 0. The Morgan fingerprint density at radius 3 is 2.67 bits per heavy atom. The number of hydrogen-bond donors (Lipinski definition) is 5. The van der Waals surface area contributed by atoms with E-state index in [1.807, 2.05) is 13.0 Å². The maximum Gasteiger partial charge on any atom is 0.178 e. The molecule has 9 atom stereocenters. The summed E-state index contributed by atoms with van der Waals surface area (Å²) in [5.74, 6) is -0.168. The lowest BCUT2D eigenvalue weighted by Crippen LogP contribution is -2.65. The highest BCUT2D eigenvalue weighted by Crippen LogP contribution is 2.67. The van der Waals surface area contributed by atoms with Crippen LogP contribution >= 0.6 is 0 Å². The minimum Gasteiger partial charge on any atom is -0.394 e. The number of fused-ring (bicyclic) bond motifs is 5. The third-order valence-electron chi connectivity index (χ3n) is 8.47. The van der Waals surface area contributed by atoms with Gasteiger partial charge in [-0.25, -0.2) is 0 Å². The number of aliphatic hydroxyl groups is 5. The summed E-state index contributed by atoms with van der Waals surface area (Å²) in [6, 6.07) is 0. The van der Waals surface area contributed by atoms with Crippen molar-refractivity contribution in [2.24, 2.45) is 28.6 Å². The third kappa shape index (κ3) is 2.28. The Balaban J connectivity index is 1.77. The summed E-state index contributed by atoms with van der Waals surface area (Å²) in [6.07, 6.45) is 3.87. The zero-order chi connectivity index (χ0) is 19.8. The Labute approximate surface area is 159 Å².